The predicted molar refractivity (Wildman–Crippen MR) is 125 cm³/mol. The fraction of sp³-hybridized carbons (Fsp3) is 0.409. The summed E-state index contributed by atoms with van der Waals surface area (Å²) < 4.78 is 7.18. The van der Waals surface area contributed by atoms with Crippen LogP contribution in [0.2, 0.25) is 5.15 Å². The van der Waals surface area contributed by atoms with Crippen LogP contribution in [0.4, 0.5) is 0 Å². The van der Waals surface area contributed by atoms with E-state index in [0.29, 0.717) is 22.6 Å². The van der Waals surface area contributed by atoms with Gasteiger partial charge in [-0.2, -0.15) is 10.1 Å². The third-order valence-electron chi connectivity index (χ3n) is 4.95. The molecule has 0 amide bonds. The van der Waals surface area contributed by atoms with Crippen molar-refractivity contribution in [2.75, 3.05) is 13.1 Å². The minimum Gasteiger partial charge on any atom is -0.333 e. The van der Waals surface area contributed by atoms with Crippen molar-refractivity contribution in [2.24, 2.45) is 0 Å². The Hall–Kier alpha value is -3.04. The molecule has 10 heteroatoms. The first-order chi connectivity index (χ1) is 15.7. The lowest BCUT2D eigenvalue weighted by Crippen LogP contribution is -2.28. The number of halogens is 1. The molecule has 2 N–H and O–H groups in total. The van der Waals surface area contributed by atoms with Crippen molar-refractivity contribution in [3.63, 3.8) is 0 Å². The van der Waals surface area contributed by atoms with Crippen LogP contribution in [-0.2, 0) is 0 Å². The van der Waals surface area contributed by atoms with Crippen molar-refractivity contribution in [1.82, 2.24) is 35.0 Å². The Labute approximate surface area is 191 Å². The molecule has 0 aliphatic carbocycles. The van der Waals surface area contributed by atoms with Crippen LogP contribution in [0.15, 0.2) is 39.9 Å². The highest BCUT2D eigenvalue weighted by Gasteiger charge is 2.23. The minimum absolute atomic E-state index is 0.183. The molecule has 1 aliphatic rings. The maximum atomic E-state index is 12.3. The van der Waals surface area contributed by atoms with Gasteiger partial charge in [0.25, 0.3) is 11.4 Å². The second-order valence-corrected chi connectivity index (χ2v) is 7.02. The quantitative estimate of drug-likeness (QED) is 0.440. The summed E-state index contributed by atoms with van der Waals surface area (Å²) >= 11 is 6.11. The molecule has 0 aromatic carbocycles. The largest absolute Gasteiger partial charge is 0.333 e. The van der Waals surface area contributed by atoms with E-state index in [4.69, 9.17) is 16.1 Å². The molecule has 4 aromatic rings. The molecule has 1 aliphatic heterocycles. The van der Waals surface area contributed by atoms with E-state index in [1.54, 1.807) is 35.1 Å². The van der Waals surface area contributed by atoms with Crippen molar-refractivity contribution in [2.45, 2.75) is 46.5 Å². The molecule has 9 nitrogen and oxygen atoms in total. The molecule has 0 atom stereocenters. The highest BCUT2D eigenvalue weighted by molar-refractivity contribution is 6.31. The molecular weight excluding hydrogens is 430 g/mol. The van der Waals surface area contributed by atoms with Crippen molar-refractivity contribution in [3.8, 4) is 22.8 Å². The van der Waals surface area contributed by atoms with Gasteiger partial charge in [-0.25, -0.2) is 9.50 Å². The summed E-state index contributed by atoms with van der Waals surface area (Å²) in [6, 6.07) is 5.13. The lowest BCUT2D eigenvalue weighted by Gasteiger charge is -2.23. The predicted octanol–water partition coefficient (Wildman–Crippen LogP) is 4.31. The number of aromatic amines is 1. The molecule has 0 radical (unpaired) electrons. The molecule has 0 saturated carbocycles. The Morgan fingerprint density at radius 2 is 1.91 bits per heavy atom. The summed E-state index contributed by atoms with van der Waals surface area (Å²) in [5, 5.41) is 12.1. The zero-order valence-corrected chi connectivity index (χ0v) is 19.5. The molecule has 4 aromatic heterocycles. The minimum atomic E-state index is -0.183. The standard InChI is InChI=1S/C18H16ClN7O2.2C2H6/c19-15-11(2-1-5-21-15)16-24-18(28-25-16)12-9-22-26-13(8-14(27)23-17(12)26)10-3-6-20-7-4-10;2*1-2/h1-2,5,8-10,20H,3-4,6-7H2,(H,23,27);2*1-2H3. The number of piperidine rings is 1. The number of aromatic nitrogens is 6. The summed E-state index contributed by atoms with van der Waals surface area (Å²) in [5.41, 5.74) is 2.37. The number of nitrogens with one attached hydrogen (secondary N) is 2. The molecule has 0 spiro atoms. The van der Waals surface area contributed by atoms with Crippen LogP contribution in [0.1, 0.15) is 52.1 Å². The highest BCUT2D eigenvalue weighted by Crippen LogP contribution is 2.30. The van der Waals surface area contributed by atoms with Crippen LogP contribution >= 0.6 is 11.6 Å². The first-order valence-electron chi connectivity index (χ1n) is 11.0. The summed E-state index contributed by atoms with van der Waals surface area (Å²) in [6.45, 7) is 9.85. The first kappa shape index (κ1) is 23.6. The monoisotopic (exact) mass is 457 g/mol. The Morgan fingerprint density at radius 3 is 2.62 bits per heavy atom. The van der Waals surface area contributed by atoms with Gasteiger partial charge in [-0.15, -0.1) is 0 Å². The molecule has 32 heavy (non-hydrogen) atoms. The SMILES string of the molecule is CC.CC.O=c1cc(C2CCNCC2)n2ncc(-c3nc(-c4cccnc4Cl)no3)c2[nH]1. The smallest absolute Gasteiger partial charge is 0.263 e. The Bertz CT molecular complexity index is 1210. The van der Waals surface area contributed by atoms with Crippen LogP contribution in [0.25, 0.3) is 28.5 Å². The van der Waals surface area contributed by atoms with Crippen LogP contribution in [0, 0.1) is 0 Å². The van der Waals surface area contributed by atoms with Gasteiger partial charge in [-0.1, -0.05) is 44.5 Å². The molecule has 1 saturated heterocycles. The van der Waals surface area contributed by atoms with Gasteiger partial charge >= 0.3 is 0 Å². The number of pyridine rings is 1. The summed E-state index contributed by atoms with van der Waals surface area (Å²) in [6.07, 6.45) is 5.12. The van der Waals surface area contributed by atoms with E-state index in [2.05, 4.69) is 30.5 Å². The second-order valence-electron chi connectivity index (χ2n) is 6.67. The third kappa shape index (κ3) is 4.73. The van der Waals surface area contributed by atoms with Crippen LogP contribution in [-0.4, -0.2) is 42.8 Å². The van der Waals surface area contributed by atoms with Gasteiger partial charge in [0.2, 0.25) is 5.82 Å². The van der Waals surface area contributed by atoms with Gasteiger partial charge in [0.05, 0.1) is 17.5 Å². The van der Waals surface area contributed by atoms with E-state index in [1.165, 1.54) is 0 Å². The average molecular weight is 458 g/mol. The maximum absolute atomic E-state index is 12.3. The highest BCUT2D eigenvalue weighted by atomic mass is 35.5. The van der Waals surface area contributed by atoms with Crippen molar-refractivity contribution < 1.29 is 4.52 Å². The Morgan fingerprint density at radius 1 is 1.16 bits per heavy atom. The number of hydrogen-bond acceptors (Lipinski definition) is 7. The van der Waals surface area contributed by atoms with Crippen molar-refractivity contribution in [1.29, 1.82) is 0 Å². The Balaban J connectivity index is 0.000000686. The van der Waals surface area contributed by atoms with Gasteiger partial charge < -0.3 is 14.8 Å². The van der Waals surface area contributed by atoms with Gasteiger partial charge in [-0.3, -0.25) is 4.79 Å². The molecule has 5 rings (SSSR count). The van der Waals surface area contributed by atoms with Gasteiger partial charge in [0, 0.05) is 18.2 Å². The zero-order chi connectivity index (χ0) is 23.1. The van der Waals surface area contributed by atoms with Crippen LogP contribution in [0.5, 0.6) is 0 Å². The number of H-pyrrole nitrogens is 1. The first-order valence-corrected chi connectivity index (χ1v) is 11.3. The molecule has 0 unspecified atom stereocenters. The fourth-order valence-corrected chi connectivity index (χ4v) is 3.78. The molecule has 5 heterocycles. The molecular formula is C22H28ClN7O2. The average Bonchev–Trinajstić information content (AvgIpc) is 3.49. The van der Waals surface area contributed by atoms with E-state index >= 15 is 0 Å². The van der Waals surface area contributed by atoms with E-state index in [1.807, 2.05) is 27.7 Å². The number of fused-ring (bicyclic) bond motifs is 1. The van der Waals surface area contributed by atoms with Crippen molar-refractivity contribution >= 4 is 17.2 Å². The lowest BCUT2D eigenvalue weighted by molar-refractivity contribution is 0.432. The molecule has 0 bridgehead atoms. The normalized spacial score (nSPS) is 13.8. The van der Waals surface area contributed by atoms with Crippen LogP contribution in [0.3, 0.4) is 0 Å². The summed E-state index contributed by atoms with van der Waals surface area (Å²) in [7, 11) is 0. The summed E-state index contributed by atoms with van der Waals surface area (Å²) in [5.74, 6) is 0.846. The number of hydrogen-bond donors (Lipinski definition) is 2. The van der Waals surface area contributed by atoms with E-state index < -0.39 is 0 Å². The summed E-state index contributed by atoms with van der Waals surface area (Å²) in [4.78, 5) is 23.6. The van der Waals surface area contributed by atoms with Crippen molar-refractivity contribution in [3.05, 3.63) is 51.8 Å². The van der Waals surface area contributed by atoms with Gasteiger partial charge in [0.15, 0.2) is 0 Å². The zero-order valence-electron chi connectivity index (χ0n) is 18.7. The number of nitrogens with zero attached hydrogens (tertiary/aromatic N) is 5. The lowest BCUT2D eigenvalue weighted by atomic mass is 9.94. The second kappa shape index (κ2) is 11.0. The van der Waals surface area contributed by atoms with E-state index in [0.717, 1.165) is 31.6 Å². The van der Waals surface area contributed by atoms with E-state index in [9.17, 15) is 4.79 Å². The molecule has 1 fully saturated rings. The maximum Gasteiger partial charge on any atom is 0.263 e. The number of rotatable bonds is 3. The van der Waals surface area contributed by atoms with Gasteiger partial charge in [-0.05, 0) is 38.1 Å². The third-order valence-corrected chi connectivity index (χ3v) is 5.25. The topological polar surface area (TPSA) is 114 Å². The van der Waals surface area contributed by atoms with E-state index in [-0.39, 0.29) is 22.5 Å². The Kier molecular flexibility index (Phi) is 8.13. The fourth-order valence-electron chi connectivity index (χ4n) is 3.57. The molecule has 170 valence electrons. The van der Waals surface area contributed by atoms with Gasteiger partial charge in [0.1, 0.15) is 16.4 Å². The van der Waals surface area contributed by atoms with Crippen LogP contribution < -0.4 is 10.9 Å².